The molecule has 0 saturated carbocycles. The molecule has 3 nitrogen and oxygen atoms in total. The molecule has 0 aliphatic heterocycles. The Hall–Kier alpha value is -1.35. The fourth-order valence-electron chi connectivity index (χ4n) is 2.78. The number of aromatic nitrogens is 2. The maximum atomic E-state index is 9.97. The van der Waals surface area contributed by atoms with Crippen molar-refractivity contribution in [2.45, 2.75) is 51.0 Å². The number of hydrogen-bond donors (Lipinski definition) is 0. The van der Waals surface area contributed by atoms with E-state index in [1.807, 2.05) is 10.8 Å². The van der Waals surface area contributed by atoms with Gasteiger partial charge in [-0.1, -0.05) is 44.7 Å². The van der Waals surface area contributed by atoms with Gasteiger partial charge in [0.05, 0.1) is 12.4 Å². The minimum Gasteiger partial charge on any atom is -0.336 e. The van der Waals surface area contributed by atoms with E-state index in [-0.39, 0.29) is 0 Å². The van der Waals surface area contributed by atoms with Crippen LogP contribution in [0, 0.1) is 14.9 Å². The van der Waals surface area contributed by atoms with Crippen LogP contribution in [0.4, 0.5) is 0 Å². The van der Waals surface area contributed by atoms with Crippen molar-refractivity contribution in [3.63, 3.8) is 0 Å². The van der Waals surface area contributed by atoms with Gasteiger partial charge in [0.2, 0.25) is 0 Å². The number of nitriles is 1. The number of nitrogens with zero attached hydrogens (tertiary/aromatic N) is 3. The topological polar surface area (TPSA) is 41.6 Å². The molecule has 1 unspecified atom stereocenters. The molecule has 1 atom stereocenters. The Morgan fingerprint density at radius 1 is 1.23 bits per heavy atom. The highest BCUT2D eigenvalue weighted by atomic mass is 127. The van der Waals surface area contributed by atoms with Crippen LogP contribution in [0.1, 0.15) is 44.6 Å². The Kier molecular flexibility index (Phi) is 6.44. The molecular formula is C18H22IN3. The van der Waals surface area contributed by atoms with Crippen molar-refractivity contribution >= 4 is 22.6 Å². The van der Waals surface area contributed by atoms with Crippen LogP contribution >= 0.6 is 22.6 Å². The summed E-state index contributed by atoms with van der Waals surface area (Å²) in [5.41, 5.74) is 0.638. The van der Waals surface area contributed by atoms with Gasteiger partial charge in [-0.05, 0) is 46.7 Å². The van der Waals surface area contributed by atoms with Crippen LogP contribution in [-0.4, -0.2) is 9.55 Å². The summed E-state index contributed by atoms with van der Waals surface area (Å²) < 4.78 is 3.21. The molecule has 0 saturated heterocycles. The highest BCUT2D eigenvalue weighted by Gasteiger charge is 2.32. The quantitative estimate of drug-likeness (QED) is 0.461. The standard InChI is InChI=1S/C18H22IN3/c1-2-3-4-5-10-18(13-20,14-22-12-11-21-15-22)16-6-8-17(19)9-7-16/h6-9,11-12,15H,2-5,10,14H2,1H3. The summed E-state index contributed by atoms with van der Waals surface area (Å²) in [7, 11) is 0. The highest BCUT2D eigenvalue weighted by Crippen LogP contribution is 2.32. The van der Waals surface area contributed by atoms with Gasteiger partial charge in [0.1, 0.15) is 5.41 Å². The molecule has 0 N–H and O–H groups in total. The molecule has 0 bridgehead atoms. The van der Waals surface area contributed by atoms with Gasteiger partial charge in [-0.3, -0.25) is 0 Å². The first kappa shape index (κ1) is 17.0. The lowest BCUT2D eigenvalue weighted by atomic mass is 9.77. The minimum absolute atomic E-state index is 0.473. The zero-order valence-corrected chi connectivity index (χ0v) is 15.2. The van der Waals surface area contributed by atoms with Crippen LogP contribution in [-0.2, 0) is 12.0 Å². The molecule has 0 aliphatic carbocycles. The van der Waals surface area contributed by atoms with E-state index in [9.17, 15) is 5.26 Å². The molecular weight excluding hydrogens is 385 g/mol. The van der Waals surface area contributed by atoms with Gasteiger partial charge >= 0.3 is 0 Å². The first-order valence-corrected chi connectivity index (χ1v) is 8.91. The third-order valence-corrected chi connectivity index (χ3v) is 4.80. The zero-order valence-electron chi connectivity index (χ0n) is 13.0. The molecule has 1 aromatic carbocycles. The van der Waals surface area contributed by atoms with E-state index in [1.54, 1.807) is 12.5 Å². The van der Waals surface area contributed by atoms with Crippen molar-refractivity contribution in [1.29, 1.82) is 5.26 Å². The minimum atomic E-state index is -0.473. The van der Waals surface area contributed by atoms with Crippen molar-refractivity contribution in [2.75, 3.05) is 0 Å². The van der Waals surface area contributed by atoms with Gasteiger partial charge < -0.3 is 4.57 Å². The van der Waals surface area contributed by atoms with E-state index in [4.69, 9.17) is 0 Å². The lowest BCUT2D eigenvalue weighted by Crippen LogP contribution is -2.30. The van der Waals surface area contributed by atoms with Gasteiger partial charge in [-0.2, -0.15) is 5.26 Å². The Balaban J connectivity index is 2.24. The van der Waals surface area contributed by atoms with Crippen molar-refractivity contribution in [3.8, 4) is 6.07 Å². The van der Waals surface area contributed by atoms with Crippen LogP contribution < -0.4 is 0 Å². The molecule has 1 aromatic heterocycles. The molecule has 2 rings (SSSR count). The first-order chi connectivity index (χ1) is 10.7. The van der Waals surface area contributed by atoms with Crippen molar-refractivity contribution < 1.29 is 0 Å². The molecule has 0 amide bonds. The summed E-state index contributed by atoms with van der Waals surface area (Å²) in [6.07, 6.45) is 11.1. The van der Waals surface area contributed by atoms with E-state index < -0.39 is 5.41 Å². The third kappa shape index (κ3) is 4.33. The molecule has 2 aromatic rings. The van der Waals surface area contributed by atoms with Gasteiger partial charge in [0.25, 0.3) is 0 Å². The number of rotatable bonds is 8. The summed E-state index contributed by atoms with van der Waals surface area (Å²) in [6, 6.07) is 11.0. The Morgan fingerprint density at radius 2 is 2.00 bits per heavy atom. The summed E-state index contributed by atoms with van der Waals surface area (Å²) in [6.45, 7) is 2.87. The molecule has 1 heterocycles. The third-order valence-electron chi connectivity index (χ3n) is 4.08. The molecule has 4 heteroatoms. The molecule has 116 valence electrons. The fourth-order valence-corrected chi connectivity index (χ4v) is 3.14. The van der Waals surface area contributed by atoms with Gasteiger partial charge in [0, 0.05) is 22.5 Å². The van der Waals surface area contributed by atoms with Crippen LogP contribution in [0.5, 0.6) is 0 Å². The van der Waals surface area contributed by atoms with Crippen LogP contribution in [0.25, 0.3) is 0 Å². The summed E-state index contributed by atoms with van der Waals surface area (Å²) in [5.74, 6) is 0. The summed E-state index contributed by atoms with van der Waals surface area (Å²) >= 11 is 2.30. The number of benzene rings is 1. The van der Waals surface area contributed by atoms with E-state index in [0.29, 0.717) is 6.54 Å². The second kappa shape index (κ2) is 8.33. The smallest absolute Gasteiger partial charge is 0.100 e. The van der Waals surface area contributed by atoms with Crippen LogP contribution in [0.3, 0.4) is 0 Å². The van der Waals surface area contributed by atoms with Gasteiger partial charge in [-0.15, -0.1) is 0 Å². The van der Waals surface area contributed by atoms with Gasteiger partial charge in [-0.25, -0.2) is 4.98 Å². The van der Waals surface area contributed by atoms with Crippen molar-refractivity contribution in [3.05, 3.63) is 52.1 Å². The average molecular weight is 407 g/mol. The number of imidazole rings is 1. The highest BCUT2D eigenvalue weighted by molar-refractivity contribution is 14.1. The number of unbranched alkanes of at least 4 members (excludes halogenated alkanes) is 3. The molecule has 0 fully saturated rings. The van der Waals surface area contributed by atoms with Crippen molar-refractivity contribution in [2.24, 2.45) is 0 Å². The predicted octanol–water partition coefficient (Wildman–Crippen LogP) is 4.92. The van der Waals surface area contributed by atoms with E-state index >= 15 is 0 Å². The number of halogens is 1. The second-order valence-corrected chi connectivity index (χ2v) is 6.99. The van der Waals surface area contributed by atoms with Crippen LogP contribution in [0.15, 0.2) is 43.0 Å². The molecule has 22 heavy (non-hydrogen) atoms. The van der Waals surface area contributed by atoms with E-state index in [0.717, 1.165) is 18.4 Å². The second-order valence-electron chi connectivity index (χ2n) is 5.75. The maximum Gasteiger partial charge on any atom is 0.100 e. The lowest BCUT2D eigenvalue weighted by Gasteiger charge is -2.28. The largest absolute Gasteiger partial charge is 0.336 e. The number of hydrogen-bond acceptors (Lipinski definition) is 2. The monoisotopic (exact) mass is 407 g/mol. The first-order valence-electron chi connectivity index (χ1n) is 7.83. The molecule has 0 radical (unpaired) electrons. The zero-order chi connectivity index (χ0) is 15.8. The average Bonchev–Trinajstić information content (AvgIpc) is 3.04. The Bertz CT molecular complexity index is 598. The molecule has 0 spiro atoms. The lowest BCUT2D eigenvalue weighted by molar-refractivity contribution is 0.405. The van der Waals surface area contributed by atoms with Crippen molar-refractivity contribution in [1.82, 2.24) is 9.55 Å². The van der Waals surface area contributed by atoms with E-state index in [2.05, 4.69) is 64.8 Å². The molecule has 0 aliphatic rings. The summed E-state index contributed by atoms with van der Waals surface area (Å²) in [4.78, 5) is 4.11. The normalized spacial score (nSPS) is 13.5. The summed E-state index contributed by atoms with van der Waals surface area (Å²) in [5, 5.41) is 9.97. The SMILES string of the molecule is CCCCCCC(C#N)(Cn1ccnc1)c1ccc(I)cc1. The van der Waals surface area contributed by atoms with E-state index in [1.165, 1.54) is 22.8 Å². The Morgan fingerprint density at radius 3 is 2.59 bits per heavy atom. The Labute approximate surface area is 146 Å². The predicted molar refractivity (Wildman–Crippen MR) is 97.4 cm³/mol. The van der Waals surface area contributed by atoms with Gasteiger partial charge in [0.15, 0.2) is 0 Å². The van der Waals surface area contributed by atoms with Crippen LogP contribution in [0.2, 0.25) is 0 Å². The maximum absolute atomic E-state index is 9.97. The fraction of sp³-hybridized carbons (Fsp3) is 0.444.